The van der Waals surface area contributed by atoms with Crippen LogP contribution >= 0.6 is 0 Å². The Balaban J connectivity index is 1.27. The first kappa shape index (κ1) is 27.2. The van der Waals surface area contributed by atoms with E-state index in [0.29, 0.717) is 43.7 Å². The molecule has 0 aromatic heterocycles. The lowest BCUT2D eigenvalue weighted by Gasteiger charge is -2.36. The third-order valence-electron chi connectivity index (χ3n) is 9.46. The molecule has 1 aliphatic carbocycles. The summed E-state index contributed by atoms with van der Waals surface area (Å²) in [5, 5.41) is 6.25. The van der Waals surface area contributed by atoms with Crippen molar-refractivity contribution < 1.29 is 28.6 Å². The Kier molecular flexibility index (Phi) is 7.58. The Bertz CT molecular complexity index is 1170. The molecular weight excluding hydrogens is 512 g/mol. The van der Waals surface area contributed by atoms with Gasteiger partial charge in [0.1, 0.15) is 17.4 Å². The molecule has 4 heterocycles. The number of hydrogen-bond acceptors (Lipinski definition) is 7. The Morgan fingerprint density at radius 1 is 1.12 bits per heavy atom. The Morgan fingerprint density at radius 2 is 1.93 bits per heavy atom. The second-order valence-electron chi connectivity index (χ2n) is 11.8. The Hall–Kier alpha value is -2.95. The van der Waals surface area contributed by atoms with Crippen molar-refractivity contribution in [3.63, 3.8) is 0 Å². The average molecular weight is 553 g/mol. The molecule has 40 heavy (non-hydrogen) atoms. The third-order valence-corrected chi connectivity index (χ3v) is 9.46. The minimum Gasteiger partial charge on any atom is -0.497 e. The Morgan fingerprint density at radius 3 is 2.70 bits per heavy atom. The number of methoxy groups -OCH3 is 1. The molecule has 2 bridgehead atoms. The zero-order valence-corrected chi connectivity index (χ0v) is 23.3. The highest BCUT2D eigenvalue weighted by molar-refractivity contribution is 6.02. The number of morpholine rings is 1. The molecule has 7 atom stereocenters. The zero-order chi connectivity index (χ0) is 27.9. The van der Waals surface area contributed by atoms with Crippen molar-refractivity contribution in [3.8, 4) is 5.75 Å². The molecule has 10 nitrogen and oxygen atoms in total. The lowest BCUT2D eigenvalue weighted by molar-refractivity contribution is -0.142. The van der Waals surface area contributed by atoms with Gasteiger partial charge in [-0.3, -0.25) is 19.3 Å². The van der Waals surface area contributed by atoms with Gasteiger partial charge in [-0.15, -0.1) is 0 Å². The standard InChI is InChI=1S/C30H40N4O6/c1-19-6-3-4-9-22(19)32-28(36)26-30-11-10-23(40-30)24(27(35)31-20-7-5-8-21(18-20)38-2)25(30)29(37)34(26)13-12-33-14-16-39-17-15-33/h5,7-8,10-11,18-19,22-26H,3-4,6,9,12-17H2,1-2H3,(H,31,35)(H,32,36). The highest BCUT2D eigenvalue weighted by Gasteiger charge is 2.72. The normalized spacial score (nSPS) is 35.0. The molecule has 3 amide bonds. The zero-order valence-electron chi connectivity index (χ0n) is 23.3. The fourth-order valence-corrected chi connectivity index (χ4v) is 7.30. The van der Waals surface area contributed by atoms with Crippen LogP contribution in [0, 0.1) is 17.8 Å². The molecule has 4 aliphatic heterocycles. The number of rotatable bonds is 8. The number of likely N-dealkylation sites (tertiary alicyclic amines) is 1. The van der Waals surface area contributed by atoms with Crippen LogP contribution < -0.4 is 15.4 Å². The topological polar surface area (TPSA) is 109 Å². The minimum atomic E-state index is -1.16. The highest BCUT2D eigenvalue weighted by Crippen LogP contribution is 2.55. The number of hydrogen-bond donors (Lipinski definition) is 2. The first-order chi connectivity index (χ1) is 19.4. The van der Waals surface area contributed by atoms with Gasteiger partial charge in [0.05, 0.1) is 38.3 Å². The van der Waals surface area contributed by atoms with E-state index in [-0.39, 0.29) is 23.8 Å². The Labute approximate surface area is 235 Å². The van der Waals surface area contributed by atoms with E-state index in [1.54, 1.807) is 36.3 Å². The first-order valence-corrected chi connectivity index (χ1v) is 14.6. The molecule has 1 aromatic carbocycles. The SMILES string of the molecule is COc1cccc(NC(=O)C2C3C=CC4(O3)C2C(=O)N(CCN2CCOCC2)C4C(=O)NC2CCCCC2C)c1. The summed E-state index contributed by atoms with van der Waals surface area (Å²) in [6, 6.07) is 6.38. The van der Waals surface area contributed by atoms with Gasteiger partial charge in [-0.1, -0.05) is 38.0 Å². The first-order valence-electron chi connectivity index (χ1n) is 14.6. The maximum absolute atomic E-state index is 14.2. The number of nitrogens with zero attached hydrogens (tertiary/aromatic N) is 2. The van der Waals surface area contributed by atoms with E-state index in [9.17, 15) is 14.4 Å². The fourth-order valence-electron chi connectivity index (χ4n) is 7.30. The van der Waals surface area contributed by atoms with Crippen LogP contribution in [0.5, 0.6) is 5.75 Å². The number of ether oxygens (including phenoxy) is 3. The van der Waals surface area contributed by atoms with Crippen molar-refractivity contribution in [1.82, 2.24) is 15.1 Å². The minimum absolute atomic E-state index is 0.0719. The summed E-state index contributed by atoms with van der Waals surface area (Å²) in [7, 11) is 1.57. The van der Waals surface area contributed by atoms with E-state index in [2.05, 4.69) is 22.5 Å². The van der Waals surface area contributed by atoms with Gasteiger partial charge < -0.3 is 29.7 Å². The van der Waals surface area contributed by atoms with E-state index in [1.165, 1.54) is 6.42 Å². The van der Waals surface area contributed by atoms with Crippen LogP contribution in [0.15, 0.2) is 36.4 Å². The molecule has 2 N–H and O–H groups in total. The smallest absolute Gasteiger partial charge is 0.246 e. The van der Waals surface area contributed by atoms with Gasteiger partial charge in [-0.2, -0.15) is 0 Å². The summed E-state index contributed by atoms with van der Waals surface area (Å²) >= 11 is 0. The summed E-state index contributed by atoms with van der Waals surface area (Å²) in [4.78, 5) is 45.8. The summed E-state index contributed by atoms with van der Waals surface area (Å²) in [6.07, 6.45) is 7.43. The van der Waals surface area contributed by atoms with Crippen LogP contribution in [0.25, 0.3) is 0 Å². The molecule has 3 saturated heterocycles. The maximum Gasteiger partial charge on any atom is 0.246 e. The van der Waals surface area contributed by atoms with Crippen molar-refractivity contribution in [2.75, 3.05) is 51.8 Å². The number of fused-ring (bicyclic) bond motifs is 1. The molecule has 5 aliphatic rings. The molecule has 4 fully saturated rings. The van der Waals surface area contributed by atoms with Gasteiger partial charge in [0.25, 0.3) is 0 Å². The van der Waals surface area contributed by atoms with Gasteiger partial charge in [0.2, 0.25) is 17.7 Å². The number of anilines is 1. The van der Waals surface area contributed by atoms with Crippen LogP contribution in [-0.4, -0.2) is 97.8 Å². The largest absolute Gasteiger partial charge is 0.497 e. The van der Waals surface area contributed by atoms with E-state index in [4.69, 9.17) is 14.2 Å². The van der Waals surface area contributed by atoms with Gasteiger partial charge in [-0.25, -0.2) is 0 Å². The van der Waals surface area contributed by atoms with Crippen molar-refractivity contribution in [1.29, 1.82) is 0 Å². The third kappa shape index (κ3) is 4.80. The van der Waals surface area contributed by atoms with Crippen LogP contribution in [0.4, 0.5) is 5.69 Å². The summed E-state index contributed by atoms with van der Waals surface area (Å²) in [6.45, 7) is 6.09. The van der Waals surface area contributed by atoms with E-state index < -0.39 is 29.6 Å². The van der Waals surface area contributed by atoms with Crippen molar-refractivity contribution >= 4 is 23.4 Å². The molecular formula is C30H40N4O6. The predicted octanol–water partition coefficient (Wildman–Crippen LogP) is 1.81. The van der Waals surface area contributed by atoms with E-state index in [0.717, 1.165) is 32.4 Å². The van der Waals surface area contributed by atoms with Crippen molar-refractivity contribution in [3.05, 3.63) is 36.4 Å². The van der Waals surface area contributed by atoms with Crippen LogP contribution in [-0.2, 0) is 23.9 Å². The van der Waals surface area contributed by atoms with E-state index >= 15 is 0 Å². The summed E-state index contributed by atoms with van der Waals surface area (Å²) < 4.78 is 17.3. The van der Waals surface area contributed by atoms with Gasteiger partial charge in [-0.05, 0) is 30.9 Å². The van der Waals surface area contributed by atoms with Gasteiger partial charge in [0, 0.05) is 44.0 Å². The molecule has 6 rings (SSSR count). The van der Waals surface area contributed by atoms with Crippen LogP contribution in [0.2, 0.25) is 0 Å². The van der Waals surface area contributed by atoms with Crippen molar-refractivity contribution in [2.24, 2.45) is 17.8 Å². The van der Waals surface area contributed by atoms with Crippen LogP contribution in [0.3, 0.4) is 0 Å². The molecule has 7 unspecified atom stereocenters. The molecule has 10 heteroatoms. The molecule has 1 saturated carbocycles. The second kappa shape index (κ2) is 11.1. The predicted molar refractivity (Wildman–Crippen MR) is 148 cm³/mol. The maximum atomic E-state index is 14.2. The fraction of sp³-hybridized carbons (Fsp3) is 0.633. The number of benzene rings is 1. The number of amides is 3. The van der Waals surface area contributed by atoms with Gasteiger partial charge >= 0.3 is 0 Å². The summed E-state index contributed by atoms with van der Waals surface area (Å²) in [5.74, 6) is -1.17. The lowest BCUT2D eigenvalue weighted by atomic mass is 9.74. The molecule has 0 radical (unpaired) electrons. The highest BCUT2D eigenvalue weighted by atomic mass is 16.5. The number of carbonyl (C=O) groups excluding carboxylic acids is 3. The van der Waals surface area contributed by atoms with Gasteiger partial charge in [0.15, 0.2) is 0 Å². The number of nitrogens with one attached hydrogen (secondary N) is 2. The summed E-state index contributed by atoms with van der Waals surface area (Å²) in [5.41, 5.74) is -0.578. The van der Waals surface area contributed by atoms with Crippen molar-refractivity contribution in [2.45, 2.75) is 56.4 Å². The van der Waals surface area contributed by atoms with Crippen LogP contribution in [0.1, 0.15) is 32.6 Å². The monoisotopic (exact) mass is 552 g/mol. The lowest BCUT2D eigenvalue weighted by Crippen LogP contribution is -2.58. The molecule has 1 spiro atoms. The molecule has 1 aromatic rings. The molecule has 216 valence electrons. The number of carbonyl (C=O) groups is 3. The quantitative estimate of drug-likeness (QED) is 0.474. The second-order valence-corrected chi connectivity index (χ2v) is 11.8. The average Bonchev–Trinajstić information content (AvgIpc) is 3.61. The van der Waals surface area contributed by atoms with E-state index in [1.807, 2.05) is 12.2 Å².